The summed E-state index contributed by atoms with van der Waals surface area (Å²) in [5, 5.41) is 9.43. The fourth-order valence-electron chi connectivity index (χ4n) is 2.56. The molecule has 2 heterocycles. The molecule has 1 aromatic carbocycles. The minimum Gasteiger partial charge on any atom is -0.383 e. The normalized spacial score (nSPS) is 12.7. The largest absolute Gasteiger partial charge is 0.383 e. The second-order valence-corrected chi connectivity index (χ2v) is 5.27. The minimum atomic E-state index is -0.110. The van der Waals surface area contributed by atoms with Crippen LogP contribution in [0.5, 0.6) is 0 Å². The number of benzene rings is 1. The molecular weight excluding hydrogens is 292 g/mol. The Bertz CT molecular complexity index is 703. The number of ether oxygens (including phenoxy) is 1. The number of anilines is 2. The number of carbonyl (C=O) groups is 1. The fourth-order valence-corrected chi connectivity index (χ4v) is 2.56. The van der Waals surface area contributed by atoms with E-state index in [0.29, 0.717) is 18.7 Å². The van der Waals surface area contributed by atoms with Crippen LogP contribution < -0.4 is 16.0 Å². The molecular formula is C17H20N4O2. The van der Waals surface area contributed by atoms with Crippen molar-refractivity contribution in [3.05, 3.63) is 42.1 Å². The summed E-state index contributed by atoms with van der Waals surface area (Å²) in [6, 6.07) is 9.57. The molecule has 0 fully saturated rings. The molecule has 120 valence electrons. The van der Waals surface area contributed by atoms with Crippen LogP contribution in [-0.4, -0.2) is 44.2 Å². The van der Waals surface area contributed by atoms with E-state index in [1.807, 2.05) is 30.3 Å². The Morgan fingerprint density at radius 3 is 3.00 bits per heavy atom. The Morgan fingerprint density at radius 1 is 1.30 bits per heavy atom. The van der Waals surface area contributed by atoms with Gasteiger partial charge in [0.1, 0.15) is 5.82 Å². The van der Waals surface area contributed by atoms with E-state index in [2.05, 4.69) is 20.9 Å². The summed E-state index contributed by atoms with van der Waals surface area (Å²) in [5.74, 6) is 0.739. The molecule has 6 nitrogen and oxygen atoms in total. The summed E-state index contributed by atoms with van der Waals surface area (Å²) in [5.41, 5.74) is 3.37. The summed E-state index contributed by atoms with van der Waals surface area (Å²) in [7, 11) is 1.61. The van der Waals surface area contributed by atoms with Crippen LogP contribution in [0, 0.1) is 0 Å². The van der Waals surface area contributed by atoms with Gasteiger partial charge in [0, 0.05) is 44.1 Å². The number of aromatic nitrogens is 1. The van der Waals surface area contributed by atoms with Gasteiger partial charge in [-0.15, -0.1) is 0 Å². The van der Waals surface area contributed by atoms with E-state index < -0.39 is 0 Å². The number of amides is 1. The zero-order chi connectivity index (χ0) is 16.1. The molecule has 0 spiro atoms. The van der Waals surface area contributed by atoms with Crippen molar-refractivity contribution in [2.24, 2.45) is 0 Å². The first-order chi connectivity index (χ1) is 11.3. The minimum absolute atomic E-state index is 0.110. The van der Waals surface area contributed by atoms with E-state index in [4.69, 9.17) is 4.74 Å². The molecule has 1 aromatic heterocycles. The third-order valence-corrected chi connectivity index (χ3v) is 3.70. The van der Waals surface area contributed by atoms with Crippen LogP contribution in [0.15, 0.2) is 36.5 Å². The molecule has 0 saturated carbocycles. The molecule has 0 saturated heterocycles. The molecule has 1 aliphatic rings. The molecule has 2 aromatic rings. The Balaban J connectivity index is 1.89. The monoisotopic (exact) mass is 312 g/mol. The number of nitrogens with zero attached hydrogens (tertiary/aromatic N) is 1. The van der Waals surface area contributed by atoms with Gasteiger partial charge in [-0.1, -0.05) is 18.2 Å². The zero-order valence-corrected chi connectivity index (χ0v) is 13.1. The maximum absolute atomic E-state index is 12.4. The third-order valence-electron chi connectivity index (χ3n) is 3.70. The second kappa shape index (κ2) is 7.11. The van der Waals surface area contributed by atoms with Gasteiger partial charge in [0.2, 0.25) is 0 Å². The van der Waals surface area contributed by atoms with E-state index in [9.17, 15) is 4.79 Å². The number of methoxy groups -OCH3 is 1. The van der Waals surface area contributed by atoms with Crippen LogP contribution in [0.4, 0.5) is 11.5 Å². The van der Waals surface area contributed by atoms with Crippen LogP contribution in [0.3, 0.4) is 0 Å². The molecule has 0 aliphatic carbocycles. The van der Waals surface area contributed by atoms with Gasteiger partial charge in [0.05, 0.1) is 12.3 Å². The van der Waals surface area contributed by atoms with Crippen molar-refractivity contribution in [1.29, 1.82) is 0 Å². The van der Waals surface area contributed by atoms with Gasteiger partial charge in [-0.2, -0.15) is 0 Å². The molecule has 1 aliphatic heterocycles. The lowest BCUT2D eigenvalue weighted by atomic mass is 10.00. The smallest absolute Gasteiger partial charge is 0.251 e. The second-order valence-electron chi connectivity index (χ2n) is 5.27. The molecule has 23 heavy (non-hydrogen) atoms. The highest BCUT2D eigenvalue weighted by atomic mass is 16.5. The highest BCUT2D eigenvalue weighted by molar-refractivity contribution is 6.01. The number of rotatable bonds is 5. The van der Waals surface area contributed by atoms with Crippen LogP contribution in [0.2, 0.25) is 0 Å². The van der Waals surface area contributed by atoms with Crippen LogP contribution in [-0.2, 0) is 4.74 Å². The van der Waals surface area contributed by atoms with Crippen LogP contribution in [0.25, 0.3) is 11.1 Å². The van der Waals surface area contributed by atoms with E-state index in [1.165, 1.54) is 0 Å². The molecule has 0 unspecified atom stereocenters. The van der Waals surface area contributed by atoms with E-state index in [1.54, 1.807) is 13.3 Å². The molecule has 0 radical (unpaired) electrons. The lowest BCUT2D eigenvalue weighted by Gasteiger charge is -2.20. The first-order valence-corrected chi connectivity index (χ1v) is 7.64. The van der Waals surface area contributed by atoms with Gasteiger partial charge >= 0.3 is 0 Å². The first kappa shape index (κ1) is 15.3. The first-order valence-electron chi connectivity index (χ1n) is 7.64. The van der Waals surface area contributed by atoms with Crippen molar-refractivity contribution >= 4 is 17.4 Å². The van der Waals surface area contributed by atoms with Crippen molar-refractivity contribution in [3.63, 3.8) is 0 Å². The quantitative estimate of drug-likeness (QED) is 0.736. The molecule has 0 bridgehead atoms. The van der Waals surface area contributed by atoms with E-state index in [0.717, 1.165) is 35.7 Å². The van der Waals surface area contributed by atoms with Gasteiger partial charge < -0.3 is 20.7 Å². The van der Waals surface area contributed by atoms with Gasteiger partial charge in [-0.25, -0.2) is 4.98 Å². The molecule has 3 rings (SSSR count). The Morgan fingerprint density at radius 2 is 2.13 bits per heavy atom. The lowest BCUT2D eigenvalue weighted by molar-refractivity contribution is 0.0938. The predicted octanol–water partition coefficient (Wildman–Crippen LogP) is 1.96. The number of hydrogen-bond acceptors (Lipinski definition) is 5. The topological polar surface area (TPSA) is 75.3 Å². The number of carbonyl (C=O) groups excluding carboxylic acids is 1. The molecule has 0 atom stereocenters. The summed E-state index contributed by atoms with van der Waals surface area (Å²) in [6.07, 6.45) is 1.79. The van der Waals surface area contributed by atoms with Gasteiger partial charge in [-0.05, 0) is 17.7 Å². The molecule has 6 heteroatoms. The number of pyridine rings is 1. The average Bonchev–Trinajstić information content (AvgIpc) is 2.61. The summed E-state index contributed by atoms with van der Waals surface area (Å²) < 4.78 is 4.97. The van der Waals surface area contributed by atoms with Gasteiger partial charge in [-0.3, -0.25) is 4.79 Å². The predicted molar refractivity (Wildman–Crippen MR) is 90.9 cm³/mol. The number of fused-ring (bicyclic) bond motifs is 1. The number of nitrogens with one attached hydrogen (secondary N) is 3. The SMILES string of the molecule is COCCNC(=O)c1ccccc1-c1cnc2c(c1)NCCN2. The average molecular weight is 312 g/mol. The van der Waals surface area contributed by atoms with Crippen molar-refractivity contribution in [2.75, 3.05) is 44.0 Å². The third kappa shape index (κ3) is 3.43. The Kier molecular flexibility index (Phi) is 4.73. The van der Waals surface area contributed by atoms with Gasteiger partial charge in [0.25, 0.3) is 5.91 Å². The summed E-state index contributed by atoms with van der Waals surface area (Å²) in [4.78, 5) is 16.8. The van der Waals surface area contributed by atoms with Crippen molar-refractivity contribution in [1.82, 2.24) is 10.3 Å². The molecule has 3 N–H and O–H groups in total. The Hall–Kier alpha value is -2.60. The van der Waals surface area contributed by atoms with Crippen molar-refractivity contribution in [2.45, 2.75) is 0 Å². The van der Waals surface area contributed by atoms with Crippen LogP contribution >= 0.6 is 0 Å². The number of hydrogen-bond donors (Lipinski definition) is 3. The highest BCUT2D eigenvalue weighted by Crippen LogP contribution is 2.30. The summed E-state index contributed by atoms with van der Waals surface area (Å²) >= 11 is 0. The standard InChI is InChI=1S/C17H20N4O2/c1-23-9-8-20-17(22)14-5-3-2-4-13(14)12-10-15-16(21-11-12)19-7-6-18-15/h2-5,10-11,18H,6-9H2,1H3,(H,19,21)(H,20,22). The van der Waals surface area contributed by atoms with E-state index in [-0.39, 0.29) is 5.91 Å². The van der Waals surface area contributed by atoms with Gasteiger partial charge in [0.15, 0.2) is 0 Å². The summed E-state index contributed by atoms with van der Waals surface area (Å²) in [6.45, 7) is 2.69. The highest BCUT2D eigenvalue weighted by Gasteiger charge is 2.15. The van der Waals surface area contributed by atoms with Crippen molar-refractivity contribution < 1.29 is 9.53 Å². The van der Waals surface area contributed by atoms with Crippen LogP contribution in [0.1, 0.15) is 10.4 Å². The van der Waals surface area contributed by atoms with Crippen molar-refractivity contribution in [3.8, 4) is 11.1 Å². The van der Waals surface area contributed by atoms with E-state index >= 15 is 0 Å². The fraction of sp³-hybridized carbons (Fsp3) is 0.294. The lowest BCUT2D eigenvalue weighted by Crippen LogP contribution is -2.27. The molecule has 1 amide bonds. The Labute approximate surface area is 135 Å². The maximum Gasteiger partial charge on any atom is 0.251 e. The zero-order valence-electron chi connectivity index (χ0n) is 13.1. The maximum atomic E-state index is 12.4.